The molecule has 0 aliphatic heterocycles. The maximum absolute atomic E-state index is 10.2. The van der Waals surface area contributed by atoms with Crippen molar-refractivity contribution < 1.29 is 126 Å². The Bertz CT molecular complexity index is 311. The van der Waals surface area contributed by atoms with Crippen LogP contribution in [0.15, 0.2) is 0 Å². The van der Waals surface area contributed by atoms with Crippen molar-refractivity contribution in [2.45, 2.75) is 11.7 Å². The van der Waals surface area contributed by atoms with E-state index >= 15 is 0 Å². The quantitative estimate of drug-likeness (QED) is 0.341. The molecule has 0 radical (unpaired) electrons. The van der Waals surface area contributed by atoms with Gasteiger partial charge in [-0.3, -0.25) is 14.1 Å². The molecule has 0 saturated heterocycles. The fraction of sp³-hybridized carbons (Fsp3) is 0.500. The van der Waals surface area contributed by atoms with Gasteiger partial charge in [-0.2, -0.15) is 8.42 Å². The third kappa shape index (κ3) is 12.1. The van der Waals surface area contributed by atoms with Crippen LogP contribution in [-0.2, 0) is 19.7 Å². The summed E-state index contributed by atoms with van der Waals surface area (Å²) in [5.74, 6) is -3.50. The molecule has 11 heteroatoms. The molecule has 1 unspecified atom stereocenters. The van der Waals surface area contributed by atoms with Gasteiger partial charge in [0.1, 0.15) is 0 Å². The Morgan fingerprint density at radius 1 is 1.13 bits per heavy atom. The molecule has 0 heterocycles. The molecule has 0 aromatic heterocycles. The zero-order chi connectivity index (χ0) is 9.94. The molecule has 0 aliphatic rings. The van der Waals surface area contributed by atoms with Crippen molar-refractivity contribution in [3.05, 3.63) is 0 Å². The third-order valence-electron chi connectivity index (χ3n) is 0.995. The summed E-state index contributed by atoms with van der Waals surface area (Å²) in [5.41, 5.74) is 0. The number of aliphatic carboxylic acids is 2. The van der Waals surface area contributed by atoms with Crippen molar-refractivity contribution in [1.29, 1.82) is 0 Å². The van der Waals surface area contributed by atoms with Crippen LogP contribution in [0.1, 0.15) is 10.7 Å². The Hall–Kier alpha value is 1.85. The van der Waals surface area contributed by atoms with Gasteiger partial charge in [0.2, 0.25) is 0 Å². The predicted octanol–water partition coefficient (Wildman–Crippen LogP) is -9.85. The van der Waals surface area contributed by atoms with Gasteiger partial charge in [-0.25, -0.2) is 0 Å². The maximum Gasteiger partial charge on any atom is 1.00 e. The van der Waals surface area contributed by atoms with E-state index in [2.05, 4.69) is 0 Å². The zero-order valence-corrected chi connectivity index (χ0v) is 15.5. The number of rotatable bonds is 4. The van der Waals surface area contributed by atoms with Crippen LogP contribution >= 0.6 is 0 Å². The minimum atomic E-state index is -4.84. The summed E-state index contributed by atoms with van der Waals surface area (Å²) in [5, 5.41) is 13.9. The second-order valence-corrected chi connectivity index (χ2v) is 3.54. The zero-order valence-electron chi connectivity index (χ0n) is 11.7. The summed E-state index contributed by atoms with van der Waals surface area (Å²) in [7, 11) is -4.84. The summed E-state index contributed by atoms with van der Waals surface area (Å²) in [6, 6.07) is 0. The molecule has 0 aromatic carbocycles. The summed E-state index contributed by atoms with van der Waals surface area (Å²) >= 11 is 0. The van der Waals surface area contributed by atoms with Crippen molar-refractivity contribution in [2.75, 3.05) is 0 Å². The van der Waals surface area contributed by atoms with E-state index in [4.69, 9.17) is 14.8 Å². The van der Waals surface area contributed by atoms with Gasteiger partial charge in [0.25, 0.3) is 10.1 Å². The first-order valence-corrected chi connectivity index (χ1v) is 4.16. The van der Waals surface area contributed by atoms with Crippen LogP contribution in [0.4, 0.5) is 0 Å². The Balaban J connectivity index is -0.0000000403. The van der Waals surface area contributed by atoms with Gasteiger partial charge in [0.15, 0.2) is 5.25 Å². The van der Waals surface area contributed by atoms with E-state index in [1.54, 1.807) is 0 Å². The van der Waals surface area contributed by atoms with Gasteiger partial charge in [-0.15, -0.1) is 0 Å². The van der Waals surface area contributed by atoms with Gasteiger partial charge in [0.05, 0.1) is 6.42 Å². The second kappa shape index (κ2) is 11.0. The largest absolute Gasteiger partial charge is 1.00 e. The van der Waals surface area contributed by atoms with E-state index in [-0.39, 0.29) is 93.0 Å². The van der Waals surface area contributed by atoms with E-state index in [1.807, 2.05) is 0 Å². The van der Waals surface area contributed by atoms with Crippen LogP contribution in [0.2, 0.25) is 0 Å². The predicted molar refractivity (Wildman–Crippen MR) is 38.6 cm³/mol. The van der Waals surface area contributed by atoms with Gasteiger partial charge in [0, 0.05) is 0 Å². The van der Waals surface area contributed by atoms with Crippen molar-refractivity contribution >= 4 is 22.1 Å². The molecule has 7 nitrogen and oxygen atoms in total. The van der Waals surface area contributed by atoms with Crippen molar-refractivity contribution in [3.8, 4) is 0 Å². The molecule has 0 aromatic rings. The van der Waals surface area contributed by atoms with Crippen LogP contribution in [-0.4, -0.2) is 40.4 Å². The van der Waals surface area contributed by atoms with Crippen LogP contribution in [0, 0.1) is 0 Å². The van der Waals surface area contributed by atoms with E-state index in [0.717, 1.165) is 0 Å². The first-order valence-electron chi connectivity index (χ1n) is 2.66. The van der Waals surface area contributed by atoms with E-state index < -0.39 is 33.7 Å². The number of carbonyl (C=O) groups is 2. The van der Waals surface area contributed by atoms with Crippen molar-refractivity contribution in [3.63, 3.8) is 0 Å². The van der Waals surface area contributed by atoms with Gasteiger partial charge < -0.3 is 14.5 Å². The smallest absolute Gasteiger partial charge is 1.00 e. The molecule has 3 N–H and O–H groups in total. The average Bonchev–Trinajstić information content (AvgIpc) is 1.79. The van der Waals surface area contributed by atoms with Crippen LogP contribution in [0.25, 0.3) is 0 Å². The standard InChI is InChI=1S/C4H6O7S.3Na.3H/c5-3(6)1-2(4(7)8)12(9,10)11;;;;;;/h2H,1H2,(H,5,6)(H,7,8)(H,9,10,11);;;;;;/q;3*+1;3*-1. The summed E-state index contributed by atoms with van der Waals surface area (Å²) in [6.45, 7) is 0. The van der Waals surface area contributed by atoms with Gasteiger partial charge in [-0.1, -0.05) is 0 Å². The maximum atomic E-state index is 10.2. The molecule has 0 rings (SSSR count). The Kier molecular flexibility index (Phi) is 18.7. The summed E-state index contributed by atoms with van der Waals surface area (Å²) in [4.78, 5) is 20.0. The monoisotopic (exact) mass is 270 g/mol. The Morgan fingerprint density at radius 2 is 1.47 bits per heavy atom. The first-order chi connectivity index (χ1) is 5.25. The number of carboxylic acid groups (broad SMARTS) is 2. The van der Waals surface area contributed by atoms with E-state index in [1.165, 1.54) is 0 Å². The SMILES string of the molecule is O=C(O)CC(C(=O)O)S(=O)(=O)O.[H-].[H-].[H-].[Na+].[Na+].[Na+]. The van der Waals surface area contributed by atoms with Crippen molar-refractivity contribution in [2.24, 2.45) is 0 Å². The number of hydrogen-bond acceptors (Lipinski definition) is 4. The Morgan fingerprint density at radius 3 is 1.53 bits per heavy atom. The molecular formula is C4H9Na3O7S. The number of carboxylic acids is 2. The fourth-order valence-corrected chi connectivity index (χ4v) is 1.09. The number of hydrogen-bond donors (Lipinski definition) is 3. The third-order valence-corrected chi connectivity index (χ3v) is 2.08. The molecule has 0 amide bonds. The van der Waals surface area contributed by atoms with Crippen LogP contribution < -0.4 is 88.7 Å². The molecule has 0 fully saturated rings. The van der Waals surface area contributed by atoms with Gasteiger partial charge >= 0.3 is 101 Å². The van der Waals surface area contributed by atoms with Crippen LogP contribution in [0.5, 0.6) is 0 Å². The van der Waals surface area contributed by atoms with E-state index in [9.17, 15) is 18.0 Å². The molecule has 0 aliphatic carbocycles. The molecule has 0 bridgehead atoms. The molecule has 15 heavy (non-hydrogen) atoms. The molecule has 76 valence electrons. The fourth-order valence-electron chi connectivity index (χ4n) is 0.479. The minimum absolute atomic E-state index is 0. The normalized spacial score (nSPS) is 11.0. The minimum Gasteiger partial charge on any atom is -1.00 e. The second-order valence-electron chi connectivity index (χ2n) is 1.94. The Labute approximate surface area is 157 Å². The van der Waals surface area contributed by atoms with Crippen molar-refractivity contribution in [1.82, 2.24) is 0 Å². The first kappa shape index (κ1) is 25.6. The molecule has 1 atom stereocenters. The summed E-state index contributed by atoms with van der Waals surface area (Å²) in [6.07, 6.45) is -1.16. The molecule has 0 saturated carbocycles. The van der Waals surface area contributed by atoms with Crippen LogP contribution in [0.3, 0.4) is 0 Å². The molecule has 0 spiro atoms. The average molecular weight is 270 g/mol. The van der Waals surface area contributed by atoms with E-state index in [0.29, 0.717) is 0 Å². The van der Waals surface area contributed by atoms with Gasteiger partial charge in [-0.05, 0) is 0 Å². The summed E-state index contributed by atoms with van der Waals surface area (Å²) < 4.78 is 28.7. The topological polar surface area (TPSA) is 129 Å². The molecular weight excluding hydrogens is 261 g/mol.